The molecule has 2 N–H and O–H groups in total. The van der Waals surface area contributed by atoms with Gasteiger partial charge in [0.05, 0.1) is 35.7 Å². The molecule has 1 aromatic heterocycles. The number of nitrogen functional groups attached to an aromatic ring is 1. The molecule has 0 aliphatic heterocycles. The Morgan fingerprint density at radius 3 is 2.55 bits per heavy atom. The van der Waals surface area contributed by atoms with Crippen LogP contribution >= 0.6 is 15.9 Å². The van der Waals surface area contributed by atoms with Crippen LogP contribution in [-0.2, 0) is 4.74 Å². The molecule has 1 heterocycles. The summed E-state index contributed by atoms with van der Waals surface area (Å²) in [7, 11) is 1.24. The summed E-state index contributed by atoms with van der Waals surface area (Å²) in [6.07, 6.45) is 1.47. The number of nitrogens with two attached hydrogens (primary N) is 1. The predicted molar refractivity (Wildman–Crippen MR) is 83.4 cm³/mol. The molecule has 2 rings (SSSR count). The molecule has 2 aromatic rings. The van der Waals surface area contributed by atoms with Crippen LogP contribution in [0.25, 0.3) is 5.69 Å². The van der Waals surface area contributed by atoms with E-state index in [1.165, 1.54) is 17.9 Å². The molecule has 22 heavy (non-hydrogen) atoms. The minimum absolute atomic E-state index is 0.0602. The maximum Gasteiger partial charge on any atom is 0.357 e. The largest absolute Gasteiger partial charge is 0.464 e. The molecule has 0 amide bonds. The van der Waals surface area contributed by atoms with Crippen LogP contribution in [0.1, 0.15) is 27.2 Å². The molecular weight excluding hydrogens is 348 g/mol. The van der Waals surface area contributed by atoms with Gasteiger partial charge >= 0.3 is 5.97 Å². The van der Waals surface area contributed by atoms with E-state index >= 15 is 0 Å². The zero-order valence-electron chi connectivity index (χ0n) is 11.8. The van der Waals surface area contributed by atoms with Crippen molar-refractivity contribution in [1.29, 1.82) is 10.5 Å². The summed E-state index contributed by atoms with van der Waals surface area (Å²) in [6, 6.07) is 7.32. The molecule has 110 valence electrons. The molecule has 0 atom stereocenters. The highest BCUT2D eigenvalue weighted by Gasteiger charge is 2.23. The van der Waals surface area contributed by atoms with Crippen LogP contribution in [0.5, 0.6) is 0 Å². The van der Waals surface area contributed by atoms with Gasteiger partial charge in [-0.05, 0) is 40.5 Å². The van der Waals surface area contributed by atoms with Crippen LogP contribution in [-0.4, -0.2) is 17.6 Å². The van der Waals surface area contributed by atoms with Crippen molar-refractivity contribution in [2.45, 2.75) is 6.92 Å². The van der Waals surface area contributed by atoms with Gasteiger partial charge in [0, 0.05) is 10.7 Å². The van der Waals surface area contributed by atoms with Gasteiger partial charge in [-0.2, -0.15) is 10.5 Å². The van der Waals surface area contributed by atoms with Crippen molar-refractivity contribution in [3.05, 3.63) is 45.2 Å². The zero-order chi connectivity index (χ0) is 16.4. The first kappa shape index (κ1) is 15.6. The maximum atomic E-state index is 12.0. The van der Waals surface area contributed by atoms with E-state index in [4.69, 9.17) is 21.0 Å². The van der Waals surface area contributed by atoms with Crippen molar-refractivity contribution >= 4 is 27.6 Å². The number of carbonyl (C=O) groups is 1. The number of aryl methyl sites for hydroxylation is 1. The summed E-state index contributed by atoms with van der Waals surface area (Å²) >= 11 is 3.39. The summed E-state index contributed by atoms with van der Waals surface area (Å²) < 4.78 is 6.85. The average Bonchev–Trinajstić information content (AvgIpc) is 2.82. The number of benzene rings is 1. The topological polar surface area (TPSA) is 105 Å². The first-order chi connectivity index (χ1) is 10.4. The highest BCUT2D eigenvalue weighted by Crippen LogP contribution is 2.32. The van der Waals surface area contributed by atoms with E-state index < -0.39 is 5.97 Å². The standard InChI is InChI=1S/C15H11BrN4O2/c1-8-3-9(5-17)4-11(16)13(8)20-7-10(6-18)12(19)14(20)15(21)22-2/h3-4,7H,19H2,1-2H3. The number of halogens is 1. The number of ether oxygens (including phenoxy) is 1. The third-order valence-corrected chi connectivity index (χ3v) is 3.77. The number of carbonyl (C=O) groups excluding carboxylic acids is 1. The molecule has 6 nitrogen and oxygen atoms in total. The third-order valence-electron chi connectivity index (χ3n) is 3.17. The van der Waals surface area contributed by atoms with Gasteiger partial charge in [0.15, 0.2) is 5.69 Å². The molecule has 0 aliphatic carbocycles. The number of nitriles is 2. The SMILES string of the molecule is COC(=O)c1c(N)c(C#N)cn1-c1c(C)cc(C#N)cc1Br. The van der Waals surface area contributed by atoms with Gasteiger partial charge in [0.1, 0.15) is 6.07 Å². The maximum absolute atomic E-state index is 12.0. The molecule has 1 aromatic carbocycles. The van der Waals surface area contributed by atoms with Crippen LogP contribution in [0, 0.1) is 29.6 Å². The molecular formula is C15H11BrN4O2. The summed E-state index contributed by atoms with van der Waals surface area (Å²) in [4.78, 5) is 12.0. The van der Waals surface area contributed by atoms with Crippen molar-refractivity contribution in [3.8, 4) is 17.8 Å². The number of methoxy groups -OCH3 is 1. The minimum Gasteiger partial charge on any atom is -0.464 e. The molecule has 0 bridgehead atoms. The first-order valence-corrected chi connectivity index (χ1v) is 6.93. The predicted octanol–water partition coefficient (Wildman–Crippen LogP) is 2.66. The van der Waals surface area contributed by atoms with Gasteiger partial charge in [-0.25, -0.2) is 4.79 Å². The summed E-state index contributed by atoms with van der Waals surface area (Å²) in [5.74, 6) is -0.644. The van der Waals surface area contributed by atoms with Crippen molar-refractivity contribution in [3.63, 3.8) is 0 Å². The minimum atomic E-state index is -0.644. The van der Waals surface area contributed by atoms with Gasteiger partial charge in [0.2, 0.25) is 0 Å². The van der Waals surface area contributed by atoms with Gasteiger partial charge in [-0.1, -0.05) is 0 Å². The lowest BCUT2D eigenvalue weighted by molar-refractivity contribution is 0.0593. The van der Waals surface area contributed by atoms with E-state index in [-0.39, 0.29) is 16.9 Å². The van der Waals surface area contributed by atoms with Crippen LogP contribution in [0.2, 0.25) is 0 Å². The second kappa shape index (κ2) is 5.92. The third kappa shape index (κ3) is 2.43. The molecule has 7 heteroatoms. The van der Waals surface area contributed by atoms with Crippen molar-refractivity contribution in [2.24, 2.45) is 0 Å². The highest BCUT2D eigenvalue weighted by atomic mass is 79.9. The van der Waals surface area contributed by atoms with E-state index in [0.717, 1.165) is 5.56 Å². The van der Waals surface area contributed by atoms with E-state index in [1.807, 2.05) is 6.07 Å². The van der Waals surface area contributed by atoms with E-state index in [9.17, 15) is 4.79 Å². The molecule has 0 unspecified atom stereocenters. The molecule has 0 fully saturated rings. The normalized spacial score (nSPS) is 9.86. The Bertz CT molecular complexity index is 833. The lowest BCUT2D eigenvalue weighted by atomic mass is 10.1. The number of hydrogen-bond donors (Lipinski definition) is 1. The second-order valence-corrected chi connectivity index (χ2v) is 5.37. The van der Waals surface area contributed by atoms with Crippen LogP contribution in [0.15, 0.2) is 22.8 Å². The molecule has 0 aliphatic rings. The number of hydrogen-bond acceptors (Lipinski definition) is 5. The Morgan fingerprint density at radius 2 is 2.05 bits per heavy atom. The Labute approximate surface area is 135 Å². The van der Waals surface area contributed by atoms with Crippen LogP contribution < -0.4 is 5.73 Å². The number of aromatic nitrogens is 1. The Hall–Kier alpha value is -2.77. The van der Waals surface area contributed by atoms with Crippen molar-refractivity contribution in [2.75, 3.05) is 12.8 Å². The molecule has 0 saturated carbocycles. The van der Waals surface area contributed by atoms with Gasteiger partial charge in [-0.15, -0.1) is 0 Å². The fourth-order valence-electron chi connectivity index (χ4n) is 2.20. The van der Waals surface area contributed by atoms with Crippen molar-refractivity contribution in [1.82, 2.24) is 4.57 Å². The van der Waals surface area contributed by atoms with Gasteiger partial charge in [-0.3, -0.25) is 0 Å². The average molecular weight is 359 g/mol. The van der Waals surface area contributed by atoms with Gasteiger partial charge in [0.25, 0.3) is 0 Å². The second-order valence-electron chi connectivity index (χ2n) is 4.51. The van der Waals surface area contributed by atoms with E-state index in [2.05, 4.69) is 22.0 Å². The van der Waals surface area contributed by atoms with Crippen LogP contribution in [0.4, 0.5) is 5.69 Å². The molecule has 0 saturated heterocycles. The smallest absolute Gasteiger partial charge is 0.357 e. The number of rotatable bonds is 2. The molecule has 0 spiro atoms. The number of anilines is 1. The Kier molecular flexibility index (Phi) is 4.20. The fourth-order valence-corrected chi connectivity index (χ4v) is 2.95. The van der Waals surface area contributed by atoms with Gasteiger partial charge < -0.3 is 15.0 Å². The first-order valence-electron chi connectivity index (χ1n) is 6.14. The summed E-state index contributed by atoms with van der Waals surface area (Å²) in [5, 5.41) is 18.1. The lowest BCUT2D eigenvalue weighted by Crippen LogP contribution is -2.12. The summed E-state index contributed by atoms with van der Waals surface area (Å²) in [5.41, 5.74) is 8.03. The Balaban J connectivity index is 2.82. The molecule has 0 radical (unpaired) electrons. The van der Waals surface area contributed by atoms with Crippen LogP contribution in [0.3, 0.4) is 0 Å². The van der Waals surface area contributed by atoms with Crippen molar-refractivity contribution < 1.29 is 9.53 Å². The monoisotopic (exact) mass is 358 g/mol. The Morgan fingerprint density at radius 1 is 1.36 bits per heavy atom. The fraction of sp³-hybridized carbons (Fsp3) is 0.133. The van der Waals surface area contributed by atoms with E-state index in [1.54, 1.807) is 19.1 Å². The number of nitrogens with zero attached hydrogens (tertiary/aromatic N) is 3. The highest BCUT2D eigenvalue weighted by molar-refractivity contribution is 9.10. The lowest BCUT2D eigenvalue weighted by Gasteiger charge is -2.13. The number of esters is 1. The quantitative estimate of drug-likeness (QED) is 0.830. The summed E-state index contributed by atoms with van der Waals surface area (Å²) in [6.45, 7) is 1.80. The zero-order valence-corrected chi connectivity index (χ0v) is 13.4. The van der Waals surface area contributed by atoms with E-state index in [0.29, 0.717) is 15.7 Å².